The van der Waals surface area contributed by atoms with E-state index in [1.54, 1.807) is 19.3 Å². The van der Waals surface area contributed by atoms with E-state index in [0.29, 0.717) is 16.6 Å². The van der Waals surface area contributed by atoms with Crippen molar-refractivity contribution in [3.63, 3.8) is 0 Å². The minimum atomic E-state index is -0.382. The maximum Gasteiger partial charge on any atom is 0.273 e. The Balaban J connectivity index is 2.04. The summed E-state index contributed by atoms with van der Waals surface area (Å²) in [5.74, 6) is 0.905. The number of hydrogen-bond acceptors (Lipinski definition) is 4. The number of nitrogens with zero attached hydrogens (tertiary/aromatic N) is 1. The Labute approximate surface area is 118 Å². The zero-order valence-corrected chi connectivity index (χ0v) is 11.9. The normalized spacial score (nSPS) is 10.4. The standard InChI is InChI=1S/C13H13BrN2O3/c1-9-7-12(11(14)8-13(9)16(17)18)15-5-4-10-3-2-6-19-10/h2-3,6-8,15H,4-5H2,1H3. The van der Waals surface area contributed by atoms with E-state index in [1.165, 1.54) is 6.07 Å². The molecule has 2 rings (SSSR count). The quantitative estimate of drug-likeness (QED) is 0.668. The SMILES string of the molecule is Cc1cc(NCCc2ccco2)c(Br)cc1[N+](=O)[O-]. The van der Waals surface area contributed by atoms with E-state index in [4.69, 9.17) is 4.42 Å². The molecule has 0 unspecified atom stereocenters. The van der Waals surface area contributed by atoms with Gasteiger partial charge in [-0.3, -0.25) is 10.1 Å². The molecule has 0 aliphatic heterocycles. The number of aryl methyl sites for hydroxylation is 1. The minimum Gasteiger partial charge on any atom is -0.469 e. The average Bonchev–Trinajstić information content (AvgIpc) is 2.85. The highest BCUT2D eigenvalue weighted by Crippen LogP contribution is 2.30. The number of anilines is 1. The van der Waals surface area contributed by atoms with Crippen LogP contribution in [0.2, 0.25) is 0 Å². The van der Waals surface area contributed by atoms with Gasteiger partial charge in [-0.05, 0) is 41.1 Å². The fourth-order valence-corrected chi connectivity index (χ4v) is 2.25. The van der Waals surface area contributed by atoms with Crippen LogP contribution in [0.4, 0.5) is 11.4 Å². The molecule has 5 nitrogen and oxygen atoms in total. The summed E-state index contributed by atoms with van der Waals surface area (Å²) in [6, 6.07) is 7.05. The predicted octanol–water partition coefficient (Wildman–Crippen LogP) is 3.91. The van der Waals surface area contributed by atoms with Crippen LogP contribution in [-0.2, 0) is 6.42 Å². The van der Waals surface area contributed by atoms with Crippen LogP contribution < -0.4 is 5.32 Å². The smallest absolute Gasteiger partial charge is 0.273 e. The molecule has 6 heteroatoms. The Morgan fingerprint density at radius 3 is 2.89 bits per heavy atom. The Morgan fingerprint density at radius 1 is 1.47 bits per heavy atom. The number of nitro benzene ring substituents is 1. The molecule has 0 radical (unpaired) electrons. The number of furan rings is 1. The summed E-state index contributed by atoms with van der Waals surface area (Å²) in [5, 5.41) is 14.0. The number of nitro groups is 1. The van der Waals surface area contributed by atoms with E-state index < -0.39 is 0 Å². The van der Waals surface area contributed by atoms with Gasteiger partial charge in [0.1, 0.15) is 5.76 Å². The maximum absolute atomic E-state index is 10.8. The molecule has 0 bridgehead atoms. The fraction of sp³-hybridized carbons (Fsp3) is 0.231. The maximum atomic E-state index is 10.8. The number of rotatable bonds is 5. The van der Waals surface area contributed by atoms with Gasteiger partial charge < -0.3 is 9.73 Å². The molecule has 2 aromatic rings. The first-order chi connectivity index (χ1) is 9.08. The monoisotopic (exact) mass is 324 g/mol. The molecule has 0 amide bonds. The molecule has 19 heavy (non-hydrogen) atoms. The second-order valence-electron chi connectivity index (χ2n) is 4.13. The average molecular weight is 325 g/mol. The first kappa shape index (κ1) is 13.6. The Kier molecular flexibility index (Phi) is 4.21. The van der Waals surface area contributed by atoms with Gasteiger partial charge in [0.05, 0.1) is 11.2 Å². The van der Waals surface area contributed by atoms with E-state index >= 15 is 0 Å². The number of benzene rings is 1. The second kappa shape index (κ2) is 5.88. The van der Waals surface area contributed by atoms with Crippen LogP contribution >= 0.6 is 15.9 Å². The van der Waals surface area contributed by atoms with Crippen LogP contribution in [0.25, 0.3) is 0 Å². The molecule has 0 saturated heterocycles. The molecule has 100 valence electrons. The highest BCUT2D eigenvalue weighted by atomic mass is 79.9. The van der Waals surface area contributed by atoms with Crippen molar-refractivity contribution in [2.75, 3.05) is 11.9 Å². The summed E-state index contributed by atoms with van der Waals surface area (Å²) in [4.78, 5) is 10.4. The van der Waals surface area contributed by atoms with Crippen molar-refractivity contribution < 1.29 is 9.34 Å². The first-order valence-corrected chi connectivity index (χ1v) is 6.58. The molecular weight excluding hydrogens is 312 g/mol. The lowest BCUT2D eigenvalue weighted by molar-refractivity contribution is -0.385. The van der Waals surface area contributed by atoms with E-state index in [2.05, 4.69) is 21.2 Å². The lowest BCUT2D eigenvalue weighted by Crippen LogP contribution is -2.05. The summed E-state index contributed by atoms with van der Waals surface area (Å²) in [7, 11) is 0. The Hall–Kier alpha value is -1.82. The number of nitrogens with one attached hydrogen (secondary N) is 1. The molecule has 1 N–H and O–H groups in total. The van der Waals surface area contributed by atoms with Crippen LogP contribution in [0.1, 0.15) is 11.3 Å². The van der Waals surface area contributed by atoms with E-state index in [9.17, 15) is 10.1 Å². The van der Waals surface area contributed by atoms with Crippen LogP contribution in [0, 0.1) is 17.0 Å². The molecule has 1 heterocycles. The zero-order valence-electron chi connectivity index (χ0n) is 10.4. The Bertz CT molecular complexity index is 582. The molecule has 0 saturated carbocycles. The van der Waals surface area contributed by atoms with Crippen molar-refractivity contribution in [1.29, 1.82) is 0 Å². The summed E-state index contributed by atoms with van der Waals surface area (Å²) in [5.41, 5.74) is 1.59. The summed E-state index contributed by atoms with van der Waals surface area (Å²) in [6.07, 6.45) is 2.40. The predicted molar refractivity (Wildman–Crippen MR) is 76.4 cm³/mol. The van der Waals surface area contributed by atoms with Gasteiger partial charge in [0.15, 0.2) is 0 Å². The summed E-state index contributed by atoms with van der Waals surface area (Å²) < 4.78 is 5.92. The van der Waals surface area contributed by atoms with Gasteiger partial charge in [0.25, 0.3) is 5.69 Å². The third kappa shape index (κ3) is 3.35. The van der Waals surface area contributed by atoms with Crippen LogP contribution in [0.3, 0.4) is 0 Å². The highest BCUT2D eigenvalue weighted by molar-refractivity contribution is 9.10. The van der Waals surface area contributed by atoms with Crippen molar-refractivity contribution in [1.82, 2.24) is 0 Å². The number of hydrogen-bond donors (Lipinski definition) is 1. The van der Waals surface area contributed by atoms with Crippen molar-refractivity contribution >= 4 is 27.3 Å². The molecule has 1 aromatic carbocycles. The highest BCUT2D eigenvalue weighted by Gasteiger charge is 2.13. The van der Waals surface area contributed by atoms with Gasteiger partial charge in [0.2, 0.25) is 0 Å². The van der Waals surface area contributed by atoms with E-state index in [-0.39, 0.29) is 10.6 Å². The van der Waals surface area contributed by atoms with E-state index in [0.717, 1.165) is 17.9 Å². The zero-order chi connectivity index (χ0) is 13.8. The molecule has 0 aliphatic rings. The van der Waals surface area contributed by atoms with E-state index in [1.807, 2.05) is 12.1 Å². The second-order valence-corrected chi connectivity index (χ2v) is 4.99. The molecule has 0 spiro atoms. The molecular formula is C13H13BrN2O3. The molecule has 1 aromatic heterocycles. The van der Waals surface area contributed by atoms with Crippen molar-refractivity contribution in [3.8, 4) is 0 Å². The lowest BCUT2D eigenvalue weighted by Gasteiger charge is -2.09. The van der Waals surface area contributed by atoms with Crippen LogP contribution in [0.5, 0.6) is 0 Å². The van der Waals surface area contributed by atoms with Gasteiger partial charge in [-0.1, -0.05) is 0 Å². The summed E-state index contributed by atoms with van der Waals surface area (Å²) in [6.45, 7) is 2.42. The number of halogens is 1. The molecule has 0 fully saturated rings. The fourth-order valence-electron chi connectivity index (χ4n) is 1.78. The molecule has 0 atom stereocenters. The van der Waals surface area contributed by atoms with Gasteiger partial charge in [-0.25, -0.2) is 0 Å². The molecule has 0 aliphatic carbocycles. The Morgan fingerprint density at radius 2 is 2.26 bits per heavy atom. The third-order valence-electron chi connectivity index (χ3n) is 2.75. The van der Waals surface area contributed by atoms with Crippen molar-refractivity contribution in [2.45, 2.75) is 13.3 Å². The lowest BCUT2D eigenvalue weighted by atomic mass is 10.2. The van der Waals surface area contributed by atoms with Gasteiger partial charge in [0, 0.05) is 34.8 Å². The van der Waals surface area contributed by atoms with Gasteiger partial charge in [-0.15, -0.1) is 0 Å². The minimum absolute atomic E-state index is 0.114. The topological polar surface area (TPSA) is 68.3 Å². The van der Waals surface area contributed by atoms with Gasteiger partial charge >= 0.3 is 0 Å². The third-order valence-corrected chi connectivity index (χ3v) is 3.41. The van der Waals surface area contributed by atoms with Crippen LogP contribution in [0.15, 0.2) is 39.4 Å². The van der Waals surface area contributed by atoms with Crippen molar-refractivity contribution in [3.05, 3.63) is 56.4 Å². The summed E-state index contributed by atoms with van der Waals surface area (Å²) >= 11 is 3.34. The van der Waals surface area contributed by atoms with Crippen LogP contribution in [-0.4, -0.2) is 11.5 Å². The first-order valence-electron chi connectivity index (χ1n) is 5.78. The van der Waals surface area contributed by atoms with Gasteiger partial charge in [-0.2, -0.15) is 0 Å². The van der Waals surface area contributed by atoms with Crippen molar-refractivity contribution in [2.24, 2.45) is 0 Å². The largest absolute Gasteiger partial charge is 0.469 e.